The van der Waals surface area contributed by atoms with E-state index < -0.39 is 0 Å². The average Bonchev–Trinajstić information content (AvgIpc) is 3.27. The summed E-state index contributed by atoms with van der Waals surface area (Å²) < 4.78 is 16.4. The van der Waals surface area contributed by atoms with Crippen molar-refractivity contribution in [3.05, 3.63) is 66.1 Å². The second-order valence-corrected chi connectivity index (χ2v) is 8.14. The summed E-state index contributed by atoms with van der Waals surface area (Å²) >= 11 is 0. The first-order valence-electron chi connectivity index (χ1n) is 9.12. The predicted molar refractivity (Wildman–Crippen MR) is 97.1 cm³/mol. The molecule has 1 aromatic carbocycles. The SMILES string of the molecule is CC1(C)[C@@H]2CC[C@@]1(Cn1ccnc1)c1nnc(-c3ccccc3F)cc12. The largest absolute Gasteiger partial charge is 0.337 e. The number of hydrogen-bond acceptors (Lipinski definition) is 3. The van der Waals surface area contributed by atoms with Gasteiger partial charge in [-0.2, -0.15) is 10.2 Å². The van der Waals surface area contributed by atoms with Crippen LogP contribution in [0.3, 0.4) is 0 Å². The Kier molecular flexibility index (Phi) is 3.15. The first-order chi connectivity index (χ1) is 12.5. The summed E-state index contributed by atoms with van der Waals surface area (Å²) in [5, 5.41) is 9.08. The van der Waals surface area contributed by atoms with Gasteiger partial charge in [0, 0.05) is 29.9 Å². The van der Waals surface area contributed by atoms with Crippen LogP contribution in [0.4, 0.5) is 4.39 Å². The molecule has 1 saturated carbocycles. The first-order valence-corrected chi connectivity index (χ1v) is 9.12. The van der Waals surface area contributed by atoms with E-state index in [9.17, 15) is 4.39 Å². The summed E-state index contributed by atoms with van der Waals surface area (Å²) in [4.78, 5) is 4.20. The van der Waals surface area contributed by atoms with E-state index in [0.717, 1.165) is 25.1 Å². The molecule has 0 spiro atoms. The van der Waals surface area contributed by atoms with Crippen LogP contribution in [0.15, 0.2) is 49.1 Å². The Balaban J connectivity index is 1.65. The first kappa shape index (κ1) is 15.7. The molecule has 1 fully saturated rings. The number of imidazole rings is 1. The topological polar surface area (TPSA) is 43.6 Å². The molecule has 2 aliphatic rings. The summed E-state index contributed by atoms with van der Waals surface area (Å²) in [6.45, 7) is 5.54. The third-order valence-corrected chi connectivity index (χ3v) is 6.78. The molecule has 0 unspecified atom stereocenters. The summed E-state index contributed by atoms with van der Waals surface area (Å²) in [5.74, 6) is 0.180. The molecule has 0 amide bonds. The maximum atomic E-state index is 14.2. The van der Waals surface area contributed by atoms with E-state index in [0.29, 0.717) is 17.2 Å². The Morgan fingerprint density at radius 3 is 2.85 bits per heavy atom. The summed E-state index contributed by atoms with van der Waals surface area (Å²) in [6.07, 6.45) is 7.94. The van der Waals surface area contributed by atoms with Crippen molar-refractivity contribution in [3.63, 3.8) is 0 Å². The molecule has 3 aromatic rings. The molecule has 5 heteroatoms. The van der Waals surface area contributed by atoms with Gasteiger partial charge in [0.05, 0.1) is 17.7 Å². The standard InChI is InChI=1S/C21H21FN4/c1-20(2)16-7-8-21(20,12-26-10-9-23-13-26)19-15(16)11-18(24-25-19)14-5-3-4-6-17(14)22/h3-6,9-11,13,16H,7-8,12H2,1-2H3/t16-,21-/m1/s1. The smallest absolute Gasteiger partial charge is 0.132 e. The van der Waals surface area contributed by atoms with Gasteiger partial charge in [-0.05, 0) is 47.9 Å². The second kappa shape index (κ2) is 5.22. The van der Waals surface area contributed by atoms with Gasteiger partial charge in [-0.3, -0.25) is 0 Å². The van der Waals surface area contributed by atoms with E-state index in [-0.39, 0.29) is 16.6 Å². The van der Waals surface area contributed by atoms with Crippen LogP contribution < -0.4 is 0 Å². The second-order valence-electron chi connectivity index (χ2n) is 8.14. The molecule has 2 bridgehead atoms. The van der Waals surface area contributed by atoms with Gasteiger partial charge in [-0.25, -0.2) is 9.37 Å². The molecule has 2 heterocycles. The predicted octanol–water partition coefficient (Wildman–Crippen LogP) is 4.33. The highest BCUT2D eigenvalue weighted by Gasteiger charge is 2.63. The van der Waals surface area contributed by atoms with Gasteiger partial charge in [0.1, 0.15) is 5.82 Å². The van der Waals surface area contributed by atoms with Crippen LogP contribution in [0.2, 0.25) is 0 Å². The lowest BCUT2D eigenvalue weighted by molar-refractivity contribution is 0.179. The van der Waals surface area contributed by atoms with Crippen molar-refractivity contribution in [2.45, 2.75) is 44.6 Å². The van der Waals surface area contributed by atoms with Crippen molar-refractivity contribution >= 4 is 0 Å². The van der Waals surface area contributed by atoms with E-state index >= 15 is 0 Å². The monoisotopic (exact) mass is 348 g/mol. The maximum absolute atomic E-state index is 14.2. The van der Waals surface area contributed by atoms with Crippen LogP contribution in [0.25, 0.3) is 11.3 Å². The van der Waals surface area contributed by atoms with Gasteiger partial charge in [0.2, 0.25) is 0 Å². The molecular formula is C21H21FN4. The van der Waals surface area contributed by atoms with Gasteiger partial charge in [0.15, 0.2) is 0 Å². The lowest BCUT2D eigenvalue weighted by atomic mass is 9.68. The van der Waals surface area contributed by atoms with Crippen molar-refractivity contribution in [2.75, 3.05) is 0 Å². The Morgan fingerprint density at radius 1 is 1.23 bits per heavy atom. The number of halogens is 1. The lowest BCUT2D eigenvalue weighted by Gasteiger charge is -2.38. The van der Waals surface area contributed by atoms with Gasteiger partial charge in [-0.1, -0.05) is 26.0 Å². The van der Waals surface area contributed by atoms with Crippen molar-refractivity contribution in [2.24, 2.45) is 5.41 Å². The summed E-state index contributed by atoms with van der Waals surface area (Å²) in [5.41, 5.74) is 3.52. The van der Waals surface area contributed by atoms with E-state index in [1.165, 1.54) is 11.6 Å². The van der Waals surface area contributed by atoms with Crippen molar-refractivity contribution in [3.8, 4) is 11.3 Å². The summed E-state index contributed by atoms with van der Waals surface area (Å²) in [6, 6.07) is 8.85. The lowest BCUT2D eigenvalue weighted by Crippen LogP contribution is -2.39. The van der Waals surface area contributed by atoms with E-state index in [4.69, 9.17) is 0 Å². The Hall–Kier alpha value is -2.56. The Morgan fingerprint density at radius 2 is 2.08 bits per heavy atom. The highest BCUT2D eigenvalue weighted by Crippen LogP contribution is 2.67. The molecular weight excluding hydrogens is 327 g/mol. The molecule has 0 N–H and O–H groups in total. The molecule has 2 atom stereocenters. The molecule has 0 radical (unpaired) electrons. The number of aromatic nitrogens is 4. The van der Waals surface area contributed by atoms with Gasteiger partial charge < -0.3 is 4.57 Å². The molecule has 132 valence electrons. The van der Waals surface area contributed by atoms with Gasteiger partial charge >= 0.3 is 0 Å². The van der Waals surface area contributed by atoms with Crippen LogP contribution in [-0.2, 0) is 12.0 Å². The molecule has 0 aliphatic heterocycles. The minimum absolute atomic E-state index is 0.0472. The maximum Gasteiger partial charge on any atom is 0.132 e. The van der Waals surface area contributed by atoms with E-state index in [1.54, 1.807) is 12.1 Å². The zero-order valence-corrected chi connectivity index (χ0v) is 15.0. The van der Waals surface area contributed by atoms with Crippen LogP contribution in [0.1, 0.15) is 43.9 Å². The molecule has 26 heavy (non-hydrogen) atoms. The number of benzene rings is 1. The quantitative estimate of drug-likeness (QED) is 0.707. The van der Waals surface area contributed by atoms with Crippen LogP contribution in [0, 0.1) is 11.2 Å². The Bertz CT molecular complexity index is 979. The van der Waals surface area contributed by atoms with Crippen LogP contribution >= 0.6 is 0 Å². The zero-order valence-electron chi connectivity index (χ0n) is 15.0. The fourth-order valence-electron chi connectivity index (χ4n) is 5.27. The molecule has 0 saturated heterocycles. The molecule has 2 aliphatic carbocycles. The Labute approximate surface area is 152 Å². The number of fused-ring (bicyclic) bond motifs is 5. The van der Waals surface area contributed by atoms with E-state index in [2.05, 4.69) is 39.7 Å². The van der Waals surface area contributed by atoms with Gasteiger partial charge in [0.25, 0.3) is 0 Å². The van der Waals surface area contributed by atoms with Gasteiger partial charge in [-0.15, -0.1) is 0 Å². The number of nitrogens with zero attached hydrogens (tertiary/aromatic N) is 4. The van der Waals surface area contributed by atoms with Crippen LogP contribution in [0.5, 0.6) is 0 Å². The molecule has 4 nitrogen and oxygen atoms in total. The van der Waals surface area contributed by atoms with E-state index in [1.807, 2.05) is 24.8 Å². The number of hydrogen-bond donors (Lipinski definition) is 0. The third kappa shape index (κ3) is 1.91. The van der Waals surface area contributed by atoms with Crippen molar-refractivity contribution in [1.82, 2.24) is 19.7 Å². The highest BCUT2D eigenvalue weighted by atomic mass is 19.1. The third-order valence-electron chi connectivity index (χ3n) is 6.78. The van der Waals surface area contributed by atoms with Crippen LogP contribution in [-0.4, -0.2) is 19.7 Å². The zero-order chi connectivity index (χ0) is 17.9. The highest BCUT2D eigenvalue weighted by molar-refractivity contribution is 5.62. The normalized spacial score (nSPS) is 25.4. The molecule has 5 rings (SSSR count). The minimum atomic E-state index is -0.253. The minimum Gasteiger partial charge on any atom is -0.337 e. The number of rotatable bonds is 3. The van der Waals surface area contributed by atoms with Crippen molar-refractivity contribution in [1.29, 1.82) is 0 Å². The van der Waals surface area contributed by atoms with Crippen molar-refractivity contribution < 1.29 is 4.39 Å². The molecule has 2 aromatic heterocycles. The fraction of sp³-hybridized carbons (Fsp3) is 0.381. The average molecular weight is 348 g/mol. The summed E-state index contributed by atoms with van der Waals surface area (Å²) in [7, 11) is 0. The fourth-order valence-corrected chi connectivity index (χ4v) is 5.27.